The Kier molecular flexibility index (Phi) is 6.49. The number of carbonyl (C=O) groups excluding carboxylic acids is 1. The molecule has 0 rings (SSSR count). The molecule has 0 aromatic carbocycles. The Hall–Kier alpha value is -1.26. The lowest BCUT2D eigenvalue weighted by Crippen LogP contribution is -2.47. The minimum absolute atomic E-state index is 0.121. The minimum Gasteiger partial charge on any atom is -0.480 e. The lowest BCUT2D eigenvalue weighted by molar-refractivity contribution is -0.138. The van der Waals surface area contributed by atoms with E-state index in [4.69, 9.17) is 5.11 Å². The Morgan fingerprint density at radius 1 is 1.27 bits per heavy atom. The molecule has 88 valence electrons. The van der Waals surface area contributed by atoms with E-state index >= 15 is 0 Å². The van der Waals surface area contributed by atoms with Crippen molar-refractivity contribution in [2.24, 2.45) is 0 Å². The average molecular weight is 216 g/mol. The van der Waals surface area contributed by atoms with Crippen LogP contribution in [0.2, 0.25) is 0 Å². The van der Waals surface area contributed by atoms with Crippen molar-refractivity contribution in [3.63, 3.8) is 0 Å². The van der Waals surface area contributed by atoms with Gasteiger partial charge in [0.05, 0.1) is 0 Å². The van der Waals surface area contributed by atoms with Crippen LogP contribution in [0.1, 0.15) is 40.0 Å². The van der Waals surface area contributed by atoms with Crippen molar-refractivity contribution in [3.05, 3.63) is 0 Å². The van der Waals surface area contributed by atoms with Crippen molar-refractivity contribution in [2.75, 3.05) is 0 Å². The number of urea groups is 1. The van der Waals surface area contributed by atoms with E-state index in [0.29, 0.717) is 0 Å². The summed E-state index contributed by atoms with van der Waals surface area (Å²) in [5, 5.41) is 13.7. The molecule has 0 aliphatic heterocycles. The first-order chi connectivity index (χ1) is 7.01. The monoisotopic (exact) mass is 216 g/mol. The van der Waals surface area contributed by atoms with Crippen molar-refractivity contribution in [1.29, 1.82) is 0 Å². The van der Waals surface area contributed by atoms with Gasteiger partial charge in [0, 0.05) is 6.04 Å². The molecule has 0 aromatic rings. The Balaban J connectivity index is 3.95. The maximum Gasteiger partial charge on any atom is 0.325 e. The summed E-state index contributed by atoms with van der Waals surface area (Å²) >= 11 is 0. The molecule has 0 radical (unpaired) electrons. The Bertz CT molecular complexity index is 219. The number of amides is 2. The van der Waals surface area contributed by atoms with Crippen LogP contribution in [0.15, 0.2) is 0 Å². The Morgan fingerprint density at radius 3 is 2.27 bits per heavy atom. The molecule has 0 aromatic heterocycles. The molecule has 2 atom stereocenters. The first-order valence-corrected chi connectivity index (χ1v) is 5.31. The van der Waals surface area contributed by atoms with Crippen molar-refractivity contribution in [1.82, 2.24) is 10.6 Å². The summed E-state index contributed by atoms with van der Waals surface area (Å²) in [6.45, 7) is 5.46. The van der Waals surface area contributed by atoms with Gasteiger partial charge in [-0.2, -0.15) is 0 Å². The molecule has 0 bridgehead atoms. The number of carbonyl (C=O) groups is 2. The van der Waals surface area contributed by atoms with Gasteiger partial charge in [-0.1, -0.05) is 20.3 Å². The third-order valence-electron chi connectivity index (χ3n) is 2.18. The van der Waals surface area contributed by atoms with Crippen LogP contribution in [0.3, 0.4) is 0 Å². The molecule has 5 nitrogen and oxygen atoms in total. The molecule has 0 fully saturated rings. The maximum absolute atomic E-state index is 11.3. The highest BCUT2D eigenvalue weighted by molar-refractivity contribution is 5.82. The zero-order chi connectivity index (χ0) is 11.8. The Labute approximate surface area is 90.2 Å². The number of carboxylic acids is 1. The van der Waals surface area contributed by atoms with Gasteiger partial charge in [0.2, 0.25) is 0 Å². The summed E-state index contributed by atoms with van der Waals surface area (Å²) < 4.78 is 0. The zero-order valence-corrected chi connectivity index (χ0v) is 9.54. The van der Waals surface area contributed by atoms with Gasteiger partial charge in [-0.15, -0.1) is 0 Å². The number of hydrogen-bond donors (Lipinski definition) is 3. The van der Waals surface area contributed by atoms with E-state index < -0.39 is 18.0 Å². The van der Waals surface area contributed by atoms with Crippen LogP contribution >= 0.6 is 0 Å². The van der Waals surface area contributed by atoms with E-state index in [-0.39, 0.29) is 6.04 Å². The number of nitrogens with one attached hydrogen (secondary N) is 2. The third kappa shape index (κ3) is 5.93. The van der Waals surface area contributed by atoms with Crippen LogP contribution in [0.25, 0.3) is 0 Å². The highest BCUT2D eigenvalue weighted by Crippen LogP contribution is 2.00. The second kappa shape index (κ2) is 7.09. The molecule has 1 unspecified atom stereocenters. The molecular formula is C10H20N2O3. The van der Waals surface area contributed by atoms with Crippen LogP contribution < -0.4 is 10.6 Å². The number of rotatable bonds is 6. The zero-order valence-electron chi connectivity index (χ0n) is 9.54. The van der Waals surface area contributed by atoms with Crippen LogP contribution in [0.4, 0.5) is 4.79 Å². The fourth-order valence-corrected chi connectivity index (χ4v) is 1.21. The van der Waals surface area contributed by atoms with Crippen molar-refractivity contribution in [3.8, 4) is 0 Å². The summed E-state index contributed by atoms with van der Waals surface area (Å²) in [6, 6.07) is -1.15. The lowest BCUT2D eigenvalue weighted by Gasteiger charge is -2.17. The summed E-state index contributed by atoms with van der Waals surface area (Å²) in [6.07, 6.45) is 2.75. The van der Waals surface area contributed by atoms with E-state index in [2.05, 4.69) is 10.6 Å². The van der Waals surface area contributed by atoms with E-state index in [0.717, 1.165) is 19.3 Å². The standard InChI is InChI=1S/C10H20N2O3/c1-4-6-8(5-2)12-10(15)11-7(3)9(13)14/h7-8H,4-6H2,1-3H3,(H,13,14)(H2,11,12,15)/t7-,8?/m1/s1. The maximum atomic E-state index is 11.3. The summed E-state index contributed by atoms with van der Waals surface area (Å²) in [7, 11) is 0. The number of aliphatic carboxylic acids is 1. The Morgan fingerprint density at radius 2 is 1.87 bits per heavy atom. The van der Waals surface area contributed by atoms with Crippen molar-refractivity contribution >= 4 is 12.0 Å². The van der Waals surface area contributed by atoms with Crippen molar-refractivity contribution < 1.29 is 14.7 Å². The SMILES string of the molecule is CCCC(CC)NC(=O)N[C@H](C)C(=O)O. The minimum atomic E-state index is -1.03. The predicted octanol–water partition coefficient (Wildman–Crippen LogP) is 1.34. The highest BCUT2D eigenvalue weighted by Gasteiger charge is 2.15. The summed E-state index contributed by atoms with van der Waals surface area (Å²) in [5.74, 6) is -1.03. The fourth-order valence-electron chi connectivity index (χ4n) is 1.21. The van der Waals surface area contributed by atoms with E-state index in [1.54, 1.807) is 0 Å². The van der Waals surface area contributed by atoms with Crippen molar-refractivity contribution in [2.45, 2.75) is 52.1 Å². The third-order valence-corrected chi connectivity index (χ3v) is 2.18. The molecular weight excluding hydrogens is 196 g/mol. The molecule has 3 N–H and O–H groups in total. The quantitative estimate of drug-likeness (QED) is 0.627. The molecule has 2 amide bonds. The van der Waals surface area contributed by atoms with Gasteiger partial charge >= 0.3 is 12.0 Å². The second-order valence-corrected chi connectivity index (χ2v) is 3.57. The van der Waals surface area contributed by atoms with E-state index in [9.17, 15) is 9.59 Å². The van der Waals surface area contributed by atoms with Crippen LogP contribution in [-0.4, -0.2) is 29.2 Å². The van der Waals surface area contributed by atoms with Gasteiger partial charge in [0.25, 0.3) is 0 Å². The van der Waals surface area contributed by atoms with Crippen LogP contribution in [0.5, 0.6) is 0 Å². The molecule has 0 spiro atoms. The molecule has 15 heavy (non-hydrogen) atoms. The van der Waals surface area contributed by atoms with Gasteiger partial charge in [-0.3, -0.25) is 4.79 Å². The first kappa shape index (κ1) is 13.7. The first-order valence-electron chi connectivity index (χ1n) is 5.31. The summed E-state index contributed by atoms with van der Waals surface area (Å²) in [4.78, 5) is 21.8. The predicted molar refractivity (Wildman–Crippen MR) is 57.8 cm³/mol. The molecule has 0 saturated heterocycles. The smallest absolute Gasteiger partial charge is 0.325 e. The molecule has 5 heteroatoms. The normalized spacial score (nSPS) is 14.1. The topological polar surface area (TPSA) is 78.4 Å². The van der Waals surface area contributed by atoms with Gasteiger partial charge in [0.15, 0.2) is 0 Å². The van der Waals surface area contributed by atoms with Crippen LogP contribution in [-0.2, 0) is 4.79 Å². The largest absolute Gasteiger partial charge is 0.480 e. The highest BCUT2D eigenvalue weighted by atomic mass is 16.4. The van der Waals surface area contributed by atoms with Crippen LogP contribution in [0, 0.1) is 0 Å². The lowest BCUT2D eigenvalue weighted by atomic mass is 10.1. The molecule has 0 saturated carbocycles. The van der Waals surface area contributed by atoms with E-state index in [1.807, 2.05) is 13.8 Å². The molecule has 0 heterocycles. The number of carboxylic acid groups (broad SMARTS) is 1. The molecule has 0 aliphatic rings. The average Bonchev–Trinajstić information content (AvgIpc) is 2.16. The number of hydrogen-bond acceptors (Lipinski definition) is 2. The van der Waals surface area contributed by atoms with Gasteiger partial charge < -0.3 is 15.7 Å². The van der Waals surface area contributed by atoms with Gasteiger partial charge in [0.1, 0.15) is 6.04 Å². The van der Waals surface area contributed by atoms with Gasteiger partial charge in [-0.05, 0) is 19.8 Å². The van der Waals surface area contributed by atoms with E-state index in [1.165, 1.54) is 6.92 Å². The fraction of sp³-hybridized carbons (Fsp3) is 0.800. The molecule has 0 aliphatic carbocycles. The second-order valence-electron chi connectivity index (χ2n) is 3.57. The van der Waals surface area contributed by atoms with Gasteiger partial charge in [-0.25, -0.2) is 4.79 Å². The summed E-state index contributed by atoms with van der Waals surface area (Å²) in [5.41, 5.74) is 0.